The summed E-state index contributed by atoms with van der Waals surface area (Å²) in [5.74, 6) is 1.06. The molecule has 0 aliphatic rings. The Morgan fingerprint density at radius 2 is 2.15 bits per heavy atom. The third-order valence-electron chi connectivity index (χ3n) is 3.42. The summed E-state index contributed by atoms with van der Waals surface area (Å²) >= 11 is 1.82. The van der Waals surface area contributed by atoms with E-state index in [9.17, 15) is 0 Å². The SMILES string of the molecule is CCNCc1occc1CN(Cc1cccs1)C(C)C. The van der Waals surface area contributed by atoms with Gasteiger partial charge in [-0.2, -0.15) is 0 Å². The van der Waals surface area contributed by atoms with E-state index >= 15 is 0 Å². The van der Waals surface area contributed by atoms with Gasteiger partial charge in [0.1, 0.15) is 5.76 Å². The molecule has 2 rings (SSSR count). The molecule has 0 aliphatic heterocycles. The van der Waals surface area contributed by atoms with Crippen LogP contribution < -0.4 is 5.32 Å². The highest BCUT2D eigenvalue weighted by Crippen LogP contribution is 2.19. The minimum atomic E-state index is 0.513. The molecule has 0 radical (unpaired) electrons. The summed E-state index contributed by atoms with van der Waals surface area (Å²) in [5.41, 5.74) is 1.29. The maximum atomic E-state index is 5.60. The van der Waals surface area contributed by atoms with Crippen LogP contribution in [0.4, 0.5) is 0 Å². The predicted molar refractivity (Wildman–Crippen MR) is 84.8 cm³/mol. The highest BCUT2D eigenvalue weighted by molar-refractivity contribution is 7.09. The molecule has 20 heavy (non-hydrogen) atoms. The van der Waals surface area contributed by atoms with Gasteiger partial charge in [-0.05, 0) is 37.9 Å². The highest BCUT2D eigenvalue weighted by atomic mass is 32.1. The minimum absolute atomic E-state index is 0.513. The van der Waals surface area contributed by atoms with Gasteiger partial charge in [0, 0.05) is 29.6 Å². The Balaban J connectivity index is 2.02. The van der Waals surface area contributed by atoms with Gasteiger partial charge >= 0.3 is 0 Å². The van der Waals surface area contributed by atoms with E-state index in [1.807, 2.05) is 11.3 Å². The van der Waals surface area contributed by atoms with Gasteiger partial charge in [0.05, 0.1) is 12.8 Å². The summed E-state index contributed by atoms with van der Waals surface area (Å²) in [6, 6.07) is 6.93. The highest BCUT2D eigenvalue weighted by Gasteiger charge is 2.15. The average molecular weight is 292 g/mol. The Kier molecular flexibility index (Phi) is 5.83. The van der Waals surface area contributed by atoms with Crippen molar-refractivity contribution in [2.45, 2.75) is 46.4 Å². The van der Waals surface area contributed by atoms with Crippen molar-refractivity contribution in [3.8, 4) is 0 Å². The van der Waals surface area contributed by atoms with Crippen LogP contribution in [-0.2, 0) is 19.6 Å². The molecule has 2 aromatic rings. The average Bonchev–Trinajstić information content (AvgIpc) is 3.07. The number of thiophene rings is 1. The zero-order chi connectivity index (χ0) is 14.4. The third kappa shape index (κ3) is 4.20. The van der Waals surface area contributed by atoms with E-state index < -0.39 is 0 Å². The number of hydrogen-bond donors (Lipinski definition) is 1. The van der Waals surface area contributed by atoms with Crippen molar-refractivity contribution in [1.82, 2.24) is 10.2 Å². The molecule has 2 heterocycles. The van der Waals surface area contributed by atoms with Crippen LogP contribution in [0.5, 0.6) is 0 Å². The molecular weight excluding hydrogens is 268 g/mol. The molecule has 110 valence electrons. The van der Waals surface area contributed by atoms with Gasteiger partial charge < -0.3 is 9.73 Å². The van der Waals surface area contributed by atoms with Gasteiger partial charge in [0.25, 0.3) is 0 Å². The summed E-state index contributed by atoms with van der Waals surface area (Å²) in [7, 11) is 0. The Hall–Kier alpha value is -1.10. The number of furan rings is 1. The van der Waals surface area contributed by atoms with E-state index in [1.54, 1.807) is 6.26 Å². The van der Waals surface area contributed by atoms with Crippen molar-refractivity contribution in [2.75, 3.05) is 6.54 Å². The van der Waals surface area contributed by atoms with Crippen molar-refractivity contribution in [3.63, 3.8) is 0 Å². The van der Waals surface area contributed by atoms with Crippen LogP contribution in [0, 0.1) is 0 Å². The van der Waals surface area contributed by atoms with Crippen LogP contribution in [0.3, 0.4) is 0 Å². The first-order valence-corrected chi connectivity index (χ1v) is 8.11. The Morgan fingerprint density at radius 3 is 2.80 bits per heavy atom. The smallest absolute Gasteiger partial charge is 0.122 e. The van der Waals surface area contributed by atoms with Gasteiger partial charge in [-0.3, -0.25) is 4.90 Å². The Bertz CT molecular complexity index is 490. The predicted octanol–water partition coefficient (Wildman–Crippen LogP) is 3.86. The van der Waals surface area contributed by atoms with E-state index in [1.165, 1.54) is 10.4 Å². The Labute approximate surface area is 125 Å². The molecule has 0 fully saturated rings. The summed E-state index contributed by atoms with van der Waals surface area (Å²) < 4.78 is 5.60. The second-order valence-electron chi connectivity index (χ2n) is 5.23. The normalized spacial score (nSPS) is 11.7. The van der Waals surface area contributed by atoms with Crippen molar-refractivity contribution in [3.05, 3.63) is 46.0 Å². The first-order valence-electron chi connectivity index (χ1n) is 7.23. The lowest BCUT2D eigenvalue weighted by atomic mass is 10.2. The van der Waals surface area contributed by atoms with Crippen molar-refractivity contribution >= 4 is 11.3 Å². The maximum Gasteiger partial charge on any atom is 0.122 e. The Morgan fingerprint density at radius 1 is 1.30 bits per heavy atom. The topological polar surface area (TPSA) is 28.4 Å². The van der Waals surface area contributed by atoms with Crippen LogP contribution in [0.2, 0.25) is 0 Å². The number of hydrogen-bond acceptors (Lipinski definition) is 4. The molecule has 0 aliphatic carbocycles. The fraction of sp³-hybridized carbons (Fsp3) is 0.500. The minimum Gasteiger partial charge on any atom is -0.468 e. The van der Waals surface area contributed by atoms with Gasteiger partial charge in [0.2, 0.25) is 0 Å². The maximum absolute atomic E-state index is 5.60. The molecule has 0 unspecified atom stereocenters. The fourth-order valence-electron chi connectivity index (χ4n) is 2.14. The summed E-state index contributed by atoms with van der Waals surface area (Å²) in [6.07, 6.45) is 1.80. The summed E-state index contributed by atoms with van der Waals surface area (Å²) in [6.45, 7) is 10.3. The zero-order valence-corrected chi connectivity index (χ0v) is 13.4. The van der Waals surface area contributed by atoms with Crippen molar-refractivity contribution in [1.29, 1.82) is 0 Å². The summed E-state index contributed by atoms with van der Waals surface area (Å²) in [4.78, 5) is 3.89. The largest absolute Gasteiger partial charge is 0.468 e. The lowest BCUT2D eigenvalue weighted by molar-refractivity contribution is 0.204. The molecule has 0 spiro atoms. The van der Waals surface area contributed by atoms with Crippen LogP contribution in [0.25, 0.3) is 0 Å². The van der Waals surface area contributed by atoms with Gasteiger partial charge in [-0.1, -0.05) is 13.0 Å². The van der Waals surface area contributed by atoms with Gasteiger partial charge in [-0.15, -0.1) is 11.3 Å². The lowest BCUT2D eigenvalue weighted by Crippen LogP contribution is -2.30. The second-order valence-corrected chi connectivity index (χ2v) is 6.26. The lowest BCUT2D eigenvalue weighted by Gasteiger charge is -2.25. The molecule has 0 saturated heterocycles. The molecule has 0 atom stereocenters. The molecule has 1 N–H and O–H groups in total. The van der Waals surface area contributed by atoms with E-state index in [2.05, 4.69) is 54.6 Å². The number of nitrogens with zero attached hydrogens (tertiary/aromatic N) is 1. The van der Waals surface area contributed by atoms with E-state index in [4.69, 9.17) is 4.42 Å². The molecular formula is C16H24N2OS. The standard InChI is InChI=1S/C16H24N2OS/c1-4-17-10-16-14(7-8-19-16)11-18(13(2)3)12-15-6-5-9-20-15/h5-9,13,17H,4,10-12H2,1-3H3. The van der Waals surface area contributed by atoms with Gasteiger partial charge in [-0.25, -0.2) is 0 Å². The molecule has 0 aromatic carbocycles. The monoisotopic (exact) mass is 292 g/mol. The molecule has 0 saturated carbocycles. The van der Waals surface area contributed by atoms with E-state index in [-0.39, 0.29) is 0 Å². The molecule has 0 bridgehead atoms. The first-order chi connectivity index (χ1) is 9.70. The zero-order valence-electron chi connectivity index (χ0n) is 12.6. The molecule has 2 aromatic heterocycles. The second kappa shape index (κ2) is 7.62. The van der Waals surface area contributed by atoms with Crippen LogP contribution >= 0.6 is 11.3 Å². The number of nitrogens with one attached hydrogen (secondary N) is 1. The van der Waals surface area contributed by atoms with Crippen LogP contribution in [-0.4, -0.2) is 17.5 Å². The van der Waals surface area contributed by atoms with Crippen LogP contribution in [0.1, 0.15) is 37.0 Å². The van der Waals surface area contributed by atoms with Gasteiger partial charge in [0.15, 0.2) is 0 Å². The van der Waals surface area contributed by atoms with Crippen LogP contribution in [0.15, 0.2) is 34.3 Å². The first kappa shape index (κ1) is 15.3. The van der Waals surface area contributed by atoms with E-state index in [0.29, 0.717) is 6.04 Å². The van der Waals surface area contributed by atoms with Crippen molar-refractivity contribution in [2.24, 2.45) is 0 Å². The third-order valence-corrected chi connectivity index (χ3v) is 4.28. The quantitative estimate of drug-likeness (QED) is 0.801. The molecule has 3 nitrogen and oxygen atoms in total. The van der Waals surface area contributed by atoms with E-state index in [0.717, 1.165) is 31.9 Å². The fourth-order valence-corrected chi connectivity index (χ4v) is 2.87. The summed E-state index contributed by atoms with van der Waals surface area (Å²) in [5, 5.41) is 5.47. The van der Waals surface area contributed by atoms with Crippen molar-refractivity contribution < 1.29 is 4.42 Å². The molecule has 0 amide bonds. The molecule has 4 heteroatoms. The number of rotatable bonds is 8.